The van der Waals surface area contributed by atoms with Crippen molar-refractivity contribution >= 4 is 60.3 Å². The van der Waals surface area contributed by atoms with Crippen molar-refractivity contribution in [2.75, 3.05) is 13.3 Å². The van der Waals surface area contributed by atoms with Crippen LogP contribution < -0.4 is 37.0 Å². The first-order valence-electron chi connectivity index (χ1n) is 14.5. The summed E-state index contributed by atoms with van der Waals surface area (Å²) in [6.45, 7) is 17.3. The molecule has 41 heavy (non-hydrogen) atoms. The van der Waals surface area contributed by atoms with E-state index < -0.39 is 23.3 Å². The van der Waals surface area contributed by atoms with Crippen LogP contribution in [-0.4, -0.2) is 22.1 Å². The molecule has 0 aliphatic heterocycles. The van der Waals surface area contributed by atoms with E-state index in [1.54, 1.807) is 15.8 Å². The number of rotatable bonds is 7. The Labute approximate surface area is 251 Å². The third-order valence-electron chi connectivity index (χ3n) is 8.52. The first-order valence-corrected chi connectivity index (χ1v) is 21.5. The summed E-state index contributed by atoms with van der Waals surface area (Å²) in [5, 5.41) is 10.6. The van der Waals surface area contributed by atoms with Crippen LogP contribution in [0.1, 0.15) is 26.3 Å². The molecule has 0 aliphatic carbocycles. The lowest BCUT2D eigenvalue weighted by Crippen LogP contribution is -2.54. The molecule has 0 aromatic heterocycles. The summed E-state index contributed by atoms with van der Waals surface area (Å²) in [5.74, 6) is 0. The zero-order valence-electron chi connectivity index (χ0n) is 25.6. The Morgan fingerprint density at radius 1 is 0.463 bits per heavy atom. The Kier molecular flexibility index (Phi) is 8.55. The molecule has 5 rings (SSSR count). The zero-order chi connectivity index (χ0) is 29.3. The van der Waals surface area contributed by atoms with Gasteiger partial charge in [-0.2, -0.15) is 0 Å². The molecule has 0 bridgehead atoms. The van der Waals surface area contributed by atoms with E-state index in [-0.39, 0.29) is 5.41 Å². The second kappa shape index (κ2) is 11.8. The van der Waals surface area contributed by atoms with Crippen molar-refractivity contribution in [1.82, 2.24) is 0 Å². The van der Waals surface area contributed by atoms with Crippen molar-refractivity contribution in [3.05, 3.63) is 139 Å². The molecule has 0 heterocycles. The van der Waals surface area contributed by atoms with Gasteiger partial charge in [0.25, 0.3) is 0 Å². The van der Waals surface area contributed by atoms with Crippen LogP contribution in [0.3, 0.4) is 0 Å². The van der Waals surface area contributed by atoms with Gasteiger partial charge in [-0.15, -0.1) is 0 Å². The van der Waals surface area contributed by atoms with Gasteiger partial charge in [-0.25, -0.2) is 0 Å². The van der Waals surface area contributed by atoms with E-state index in [1.807, 2.05) is 0 Å². The highest BCUT2D eigenvalue weighted by atomic mass is 31.2. The topological polar surface area (TPSA) is 0 Å². The molecule has 0 unspecified atom stereocenters. The minimum Gasteiger partial charge on any atom is -0.0668 e. The zero-order valence-corrected chi connectivity index (χ0v) is 28.4. The van der Waals surface area contributed by atoms with E-state index in [1.165, 1.54) is 26.8 Å². The monoisotopic (exact) mass is 589 g/mol. The van der Waals surface area contributed by atoms with Gasteiger partial charge in [0.1, 0.15) is 46.4 Å². The van der Waals surface area contributed by atoms with Crippen LogP contribution in [0.25, 0.3) is 0 Å². The molecule has 0 aliphatic rings. The van der Waals surface area contributed by atoms with Gasteiger partial charge in [0.2, 0.25) is 0 Å². The summed E-state index contributed by atoms with van der Waals surface area (Å²) < 4.78 is 0. The smallest absolute Gasteiger partial charge is 0.0668 e. The molecule has 5 aromatic rings. The summed E-state index contributed by atoms with van der Waals surface area (Å²) in [4.78, 5) is 0. The summed E-state index contributed by atoms with van der Waals surface area (Å²) >= 11 is 0. The predicted molar refractivity (Wildman–Crippen MR) is 192 cm³/mol. The Bertz CT molecular complexity index is 1400. The van der Waals surface area contributed by atoms with E-state index in [9.17, 15) is 0 Å². The molecule has 3 heteroatoms. The molecule has 0 amide bonds. The first-order chi connectivity index (χ1) is 19.6. The van der Waals surface area contributed by atoms with Gasteiger partial charge in [0.15, 0.2) is 0 Å². The lowest BCUT2D eigenvalue weighted by Gasteiger charge is -2.33. The fourth-order valence-electron chi connectivity index (χ4n) is 6.02. The lowest BCUT2D eigenvalue weighted by molar-refractivity contribution is 0.591. The molecule has 0 saturated carbocycles. The second-order valence-corrected chi connectivity index (χ2v) is 22.0. The maximum Gasteiger partial charge on any atom is 0.109 e. The standard InChI is InChI=1S/C38H43P2Si/c1-38(2,3)30-28-35(39(4,31-20-12-8-13-21-31)32-22-14-9-15-23-32)37(41(6)7)36(29-30)40(5,33-24-16-10-17-25-33)34-26-18-11-19-27-34/h8-29H,1-7H3/q+2. The van der Waals surface area contributed by atoms with Crippen LogP contribution in [0, 0.1) is 0 Å². The number of benzene rings is 5. The molecule has 0 spiro atoms. The Balaban J connectivity index is 1.98. The van der Waals surface area contributed by atoms with Gasteiger partial charge in [-0.1, -0.05) is 107 Å². The number of hydrogen-bond acceptors (Lipinski definition) is 0. The van der Waals surface area contributed by atoms with Crippen molar-refractivity contribution in [3.63, 3.8) is 0 Å². The van der Waals surface area contributed by atoms with Crippen molar-refractivity contribution < 1.29 is 0 Å². The van der Waals surface area contributed by atoms with Gasteiger partial charge in [0, 0.05) is 5.19 Å². The summed E-state index contributed by atoms with van der Waals surface area (Å²) in [6.07, 6.45) is 0. The normalized spacial score (nSPS) is 12.5. The summed E-state index contributed by atoms with van der Waals surface area (Å²) in [7, 11) is -4.77. The van der Waals surface area contributed by atoms with Crippen LogP contribution in [-0.2, 0) is 5.41 Å². The molecular weight excluding hydrogens is 546 g/mol. The fraction of sp³-hybridized carbons (Fsp3) is 0.211. The lowest BCUT2D eigenvalue weighted by atomic mass is 9.87. The Morgan fingerprint density at radius 3 is 0.951 bits per heavy atom. The molecule has 0 atom stereocenters. The quantitative estimate of drug-likeness (QED) is 0.145. The van der Waals surface area contributed by atoms with Gasteiger partial charge >= 0.3 is 0 Å². The fourth-order valence-corrected chi connectivity index (χ4v) is 16.7. The van der Waals surface area contributed by atoms with Gasteiger partial charge in [0.05, 0.1) is 22.1 Å². The van der Waals surface area contributed by atoms with Gasteiger partial charge in [-0.05, 0) is 71.6 Å². The molecule has 207 valence electrons. The average Bonchev–Trinajstić information content (AvgIpc) is 3.00. The number of hydrogen-bond donors (Lipinski definition) is 0. The highest BCUT2D eigenvalue weighted by Gasteiger charge is 2.49. The van der Waals surface area contributed by atoms with Crippen LogP contribution >= 0.6 is 14.5 Å². The van der Waals surface area contributed by atoms with Crippen molar-refractivity contribution in [2.24, 2.45) is 0 Å². The maximum atomic E-state index is 2.62. The third-order valence-corrected chi connectivity index (χ3v) is 18.4. The van der Waals surface area contributed by atoms with E-state index in [0.717, 1.165) is 0 Å². The highest BCUT2D eigenvalue weighted by molar-refractivity contribution is 7.97. The minimum absolute atomic E-state index is 0.0207. The van der Waals surface area contributed by atoms with E-state index in [2.05, 4.69) is 181 Å². The van der Waals surface area contributed by atoms with Crippen LogP contribution in [0.2, 0.25) is 13.1 Å². The molecule has 0 saturated heterocycles. The molecule has 5 aromatic carbocycles. The maximum absolute atomic E-state index is 2.62. The average molecular weight is 590 g/mol. The largest absolute Gasteiger partial charge is 0.109 e. The second-order valence-electron chi connectivity index (χ2n) is 12.5. The SMILES string of the molecule is C[Si](C)c1c([P+](C)(c2ccccc2)c2ccccc2)cc(C(C)(C)C)cc1[P+](C)(c1ccccc1)c1ccccc1. The Hall–Kier alpha value is -2.82. The van der Waals surface area contributed by atoms with Crippen LogP contribution in [0.15, 0.2) is 133 Å². The van der Waals surface area contributed by atoms with Crippen molar-refractivity contribution in [1.29, 1.82) is 0 Å². The predicted octanol–water partition coefficient (Wildman–Crippen LogP) is 6.79. The van der Waals surface area contributed by atoms with E-state index in [0.29, 0.717) is 0 Å². The first kappa shape index (κ1) is 29.7. The highest BCUT2D eigenvalue weighted by Crippen LogP contribution is 2.55. The van der Waals surface area contributed by atoms with Crippen LogP contribution in [0.5, 0.6) is 0 Å². The molecule has 0 N–H and O–H groups in total. The summed E-state index contributed by atoms with van der Waals surface area (Å²) in [6, 6.07) is 50.6. The van der Waals surface area contributed by atoms with Gasteiger partial charge in [-0.3, -0.25) is 0 Å². The Morgan fingerprint density at radius 2 is 0.732 bits per heavy atom. The van der Waals surface area contributed by atoms with E-state index >= 15 is 0 Å². The molecule has 0 fully saturated rings. The molecule has 1 radical (unpaired) electrons. The minimum atomic E-state index is -1.95. The molecular formula is C38H43P2Si+2. The third kappa shape index (κ3) is 5.53. The van der Waals surface area contributed by atoms with Gasteiger partial charge < -0.3 is 0 Å². The molecule has 0 nitrogen and oxygen atoms in total. The van der Waals surface area contributed by atoms with E-state index in [4.69, 9.17) is 0 Å². The summed E-state index contributed by atoms with van der Waals surface area (Å²) in [5.41, 5.74) is 1.46. The van der Waals surface area contributed by atoms with Crippen molar-refractivity contribution in [3.8, 4) is 0 Å². The van der Waals surface area contributed by atoms with Crippen LogP contribution in [0.4, 0.5) is 0 Å². The van der Waals surface area contributed by atoms with Crippen molar-refractivity contribution in [2.45, 2.75) is 39.3 Å².